The van der Waals surface area contributed by atoms with E-state index in [-0.39, 0.29) is 0 Å². The van der Waals surface area contributed by atoms with E-state index in [9.17, 15) is 0 Å². The van der Waals surface area contributed by atoms with Crippen LogP contribution in [0.15, 0.2) is 24.3 Å². The zero-order chi connectivity index (χ0) is 12.1. The number of benzene rings is 1. The number of nitrogens with two attached hydrogens (primary N) is 1. The van der Waals surface area contributed by atoms with E-state index in [1.165, 1.54) is 38.5 Å². The highest BCUT2D eigenvalue weighted by Crippen LogP contribution is 2.23. The van der Waals surface area contributed by atoms with Crippen LogP contribution in [0, 0.1) is 0 Å². The van der Waals surface area contributed by atoms with Gasteiger partial charge in [0.05, 0.1) is 6.10 Å². The first kappa shape index (κ1) is 12.4. The number of ether oxygens (including phenoxy) is 1. The van der Waals surface area contributed by atoms with Crippen molar-refractivity contribution in [3.63, 3.8) is 0 Å². The van der Waals surface area contributed by atoms with Crippen LogP contribution in [0.3, 0.4) is 0 Å². The Labute approximate surface area is 108 Å². The molecule has 0 amide bonds. The zero-order valence-corrected chi connectivity index (χ0v) is 10.8. The van der Waals surface area contributed by atoms with Crippen molar-refractivity contribution in [1.29, 1.82) is 0 Å². The SMILES string of the molecule is NC(=S)c1ccc(OC2CCCCCC2)cc1. The Morgan fingerprint density at radius 2 is 1.65 bits per heavy atom. The average Bonchev–Trinajstić information content (AvgIpc) is 2.58. The van der Waals surface area contributed by atoms with Gasteiger partial charge in [0.2, 0.25) is 0 Å². The second-order valence-corrected chi connectivity index (χ2v) is 5.06. The van der Waals surface area contributed by atoms with E-state index < -0.39 is 0 Å². The predicted molar refractivity (Wildman–Crippen MR) is 74.4 cm³/mol. The number of hydrogen-bond donors (Lipinski definition) is 1. The molecule has 1 aromatic carbocycles. The van der Waals surface area contributed by atoms with Gasteiger partial charge in [-0.1, -0.05) is 25.1 Å². The molecular weight excluding hydrogens is 230 g/mol. The summed E-state index contributed by atoms with van der Waals surface area (Å²) in [5.41, 5.74) is 6.46. The molecule has 92 valence electrons. The van der Waals surface area contributed by atoms with Crippen molar-refractivity contribution in [3.05, 3.63) is 29.8 Å². The van der Waals surface area contributed by atoms with Crippen molar-refractivity contribution in [1.82, 2.24) is 0 Å². The fourth-order valence-electron chi connectivity index (χ4n) is 2.25. The third kappa shape index (κ3) is 3.70. The molecule has 17 heavy (non-hydrogen) atoms. The van der Waals surface area contributed by atoms with Crippen LogP contribution in [0.4, 0.5) is 0 Å². The Kier molecular flexibility index (Phi) is 4.37. The fourth-order valence-corrected chi connectivity index (χ4v) is 2.39. The van der Waals surface area contributed by atoms with Crippen LogP contribution in [0.5, 0.6) is 5.75 Å². The van der Waals surface area contributed by atoms with E-state index >= 15 is 0 Å². The minimum absolute atomic E-state index is 0.383. The summed E-state index contributed by atoms with van der Waals surface area (Å²) in [6.45, 7) is 0. The molecule has 1 aliphatic rings. The minimum Gasteiger partial charge on any atom is -0.490 e. The predicted octanol–water partition coefficient (Wildman–Crippen LogP) is 3.42. The molecule has 0 spiro atoms. The van der Waals surface area contributed by atoms with Crippen molar-refractivity contribution in [2.75, 3.05) is 0 Å². The van der Waals surface area contributed by atoms with E-state index in [2.05, 4.69) is 0 Å². The highest BCUT2D eigenvalue weighted by Gasteiger charge is 2.13. The van der Waals surface area contributed by atoms with Gasteiger partial charge in [0.25, 0.3) is 0 Å². The van der Waals surface area contributed by atoms with E-state index in [0.717, 1.165) is 11.3 Å². The van der Waals surface area contributed by atoms with E-state index in [1.54, 1.807) is 0 Å². The van der Waals surface area contributed by atoms with Crippen LogP contribution in [0.1, 0.15) is 44.1 Å². The van der Waals surface area contributed by atoms with Gasteiger partial charge < -0.3 is 10.5 Å². The van der Waals surface area contributed by atoms with Gasteiger partial charge in [0.15, 0.2) is 0 Å². The Morgan fingerprint density at radius 3 is 2.18 bits per heavy atom. The monoisotopic (exact) mass is 249 g/mol. The van der Waals surface area contributed by atoms with Gasteiger partial charge in [0, 0.05) is 5.56 Å². The summed E-state index contributed by atoms with van der Waals surface area (Å²) in [6, 6.07) is 7.77. The highest BCUT2D eigenvalue weighted by atomic mass is 32.1. The number of hydrogen-bond acceptors (Lipinski definition) is 2. The lowest BCUT2D eigenvalue weighted by Crippen LogP contribution is -2.15. The number of rotatable bonds is 3. The lowest BCUT2D eigenvalue weighted by Gasteiger charge is -2.17. The van der Waals surface area contributed by atoms with Gasteiger partial charge in [-0.3, -0.25) is 0 Å². The maximum absolute atomic E-state index is 5.99. The van der Waals surface area contributed by atoms with Crippen molar-refractivity contribution < 1.29 is 4.74 Å². The Bertz CT molecular complexity index is 366. The van der Waals surface area contributed by atoms with Gasteiger partial charge in [-0.05, 0) is 49.9 Å². The summed E-state index contributed by atoms with van der Waals surface area (Å²) in [5, 5.41) is 0. The summed E-state index contributed by atoms with van der Waals surface area (Å²) >= 11 is 4.92. The molecule has 1 fully saturated rings. The molecule has 0 unspecified atom stereocenters. The molecule has 0 aromatic heterocycles. The van der Waals surface area contributed by atoms with Crippen molar-refractivity contribution in [3.8, 4) is 5.75 Å². The standard InChI is InChI=1S/C14H19NOS/c15-14(17)11-7-9-13(10-8-11)16-12-5-3-1-2-4-6-12/h7-10,12H,1-6H2,(H2,15,17). The van der Waals surface area contributed by atoms with Crippen LogP contribution in [-0.4, -0.2) is 11.1 Å². The highest BCUT2D eigenvalue weighted by molar-refractivity contribution is 7.80. The molecular formula is C14H19NOS. The molecule has 1 saturated carbocycles. The molecule has 0 bridgehead atoms. The lowest BCUT2D eigenvalue weighted by molar-refractivity contribution is 0.184. The second kappa shape index (κ2) is 6.01. The molecule has 1 aromatic rings. The molecule has 0 saturated heterocycles. The average molecular weight is 249 g/mol. The van der Waals surface area contributed by atoms with Gasteiger partial charge in [-0.2, -0.15) is 0 Å². The van der Waals surface area contributed by atoms with Crippen molar-refractivity contribution >= 4 is 17.2 Å². The van der Waals surface area contributed by atoms with Crippen LogP contribution in [-0.2, 0) is 0 Å². The Balaban J connectivity index is 1.95. The smallest absolute Gasteiger partial charge is 0.119 e. The van der Waals surface area contributed by atoms with E-state index in [1.807, 2.05) is 24.3 Å². The summed E-state index contributed by atoms with van der Waals surface area (Å²) in [6.07, 6.45) is 8.01. The topological polar surface area (TPSA) is 35.2 Å². The first-order valence-electron chi connectivity index (χ1n) is 6.32. The van der Waals surface area contributed by atoms with E-state index in [0.29, 0.717) is 11.1 Å². The van der Waals surface area contributed by atoms with Gasteiger partial charge in [0.1, 0.15) is 10.7 Å². The summed E-state index contributed by atoms with van der Waals surface area (Å²) in [7, 11) is 0. The Morgan fingerprint density at radius 1 is 1.06 bits per heavy atom. The molecule has 0 heterocycles. The first-order chi connectivity index (χ1) is 8.25. The molecule has 3 heteroatoms. The third-order valence-corrected chi connectivity index (χ3v) is 3.48. The quantitative estimate of drug-likeness (QED) is 0.658. The first-order valence-corrected chi connectivity index (χ1v) is 6.73. The van der Waals surface area contributed by atoms with Gasteiger partial charge in [-0.15, -0.1) is 0 Å². The van der Waals surface area contributed by atoms with E-state index in [4.69, 9.17) is 22.7 Å². The van der Waals surface area contributed by atoms with Crippen molar-refractivity contribution in [2.24, 2.45) is 5.73 Å². The number of thiocarbonyl (C=S) groups is 1. The molecule has 2 nitrogen and oxygen atoms in total. The fraction of sp³-hybridized carbons (Fsp3) is 0.500. The molecule has 1 aliphatic carbocycles. The maximum atomic E-state index is 5.99. The summed E-state index contributed by atoms with van der Waals surface area (Å²) in [4.78, 5) is 0.436. The van der Waals surface area contributed by atoms with Crippen LogP contribution >= 0.6 is 12.2 Å². The van der Waals surface area contributed by atoms with Crippen LogP contribution in [0.25, 0.3) is 0 Å². The normalized spacial score (nSPS) is 17.4. The molecule has 2 N–H and O–H groups in total. The van der Waals surface area contributed by atoms with Crippen molar-refractivity contribution in [2.45, 2.75) is 44.6 Å². The Hall–Kier alpha value is -1.09. The third-order valence-electron chi connectivity index (χ3n) is 3.24. The molecule has 0 aliphatic heterocycles. The summed E-state index contributed by atoms with van der Waals surface area (Å²) < 4.78 is 5.99. The van der Waals surface area contributed by atoms with Gasteiger partial charge in [-0.25, -0.2) is 0 Å². The van der Waals surface area contributed by atoms with Gasteiger partial charge >= 0.3 is 0 Å². The van der Waals surface area contributed by atoms with Crippen LogP contribution in [0.2, 0.25) is 0 Å². The second-order valence-electron chi connectivity index (χ2n) is 4.62. The van der Waals surface area contributed by atoms with Crippen LogP contribution < -0.4 is 10.5 Å². The maximum Gasteiger partial charge on any atom is 0.119 e. The molecule has 0 atom stereocenters. The molecule has 2 rings (SSSR count). The summed E-state index contributed by atoms with van der Waals surface area (Å²) in [5.74, 6) is 0.928. The molecule has 0 radical (unpaired) electrons. The minimum atomic E-state index is 0.383. The lowest BCUT2D eigenvalue weighted by atomic mass is 10.1. The largest absolute Gasteiger partial charge is 0.490 e. The zero-order valence-electron chi connectivity index (χ0n) is 10.0.